The Hall–Kier alpha value is -2.61. The third kappa shape index (κ3) is 2.16. The first-order chi connectivity index (χ1) is 9.65. The first kappa shape index (κ1) is 12.4. The molecule has 0 saturated carbocycles. The summed E-state index contributed by atoms with van der Waals surface area (Å²) in [6.07, 6.45) is 0. The van der Waals surface area contributed by atoms with Crippen LogP contribution in [0, 0.1) is 6.92 Å². The number of aryl methyl sites for hydroxylation is 1. The highest BCUT2D eigenvalue weighted by atomic mass is 32.1. The normalized spacial score (nSPS) is 10.7. The smallest absolute Gasteiger partial charge is 0.358 e. The summed E-state index contributed by atoms with van der Waals surface area (Å²) in [4.78, 5) is 15.5. The Labute approximate surface area is 117 Å². The topological polar surface area (TPSA) is 101 Å². The molecule has 100 valence electrons. The fraction of sp³-hybridized carbons (Fsp3) is 0.0833. The van der Waals surface area contributed by atoms with E-state index in [1.165, 1.54) is 0 Å². The number of carboxylic acid groups (broad SMARTS) is 1. The number of rotatable bonds is 3. The molecular weight excluding hydrogens is 278 g/mol. The lowest BCUT2D eigenvalue weighted by Crippen LogP contribution is -2.08. The minimum Gasteiger partial charge on any atom is -0.476 e. The molecule has 3 aromatic rings. The lowest BCUT2D eigenvalue weighted by atomic mass is 10.1. The second-order valence-electron chi connectivity index (χ2n) is 4.02. The van der Waals surface area contributed by atoms with E-state index in [0.717, 1.165) is 11.5 Å². The number of carbonyl (C=O) groups is 1. The van der Waals surface area contributed by atoms with Gasteiger partial charge in [0.05, 0.1) is 11.2 Å². The number of nitrogens with one attached hydrogen (secondary N) is 1. The average molecular weight is 287 g/mol. The number of hydrogen-bond acceptors (Lipinski definition) is 7. The predicted molar refractivity (Wildman–Crippen MR) is 74.4 cm³/mol. The molecule has 1 aromatic carbocycles. The van der Waals surface area contributed by atoms with Crippen molar-refractivity contribution in [3.05, 3.63) is 35.8 Å². The van der Waals surface area contributed by atoms with Gasteiger partial charge in [-0.3, -0.25) is 0 Å². The molecule has 0 amide bonds. The fourth-order valence-electron chi connectivity index (χ4n) is 1.78. The molecule has 0 fully saturated rings. The summed E-state index contributed by atoms with van der Waals surface area (Å²) in [7, 11) is 0. The Morgan fingerprint density at radius 3 is 2.80 bits per heavy atom. The number of benzene rings is 1. The minimum absolute atomic E-state index is 0.142. The molecule has 0 aliphatic carbocycles. The highest BCUT2D eigenvalue weighted by Crippen LogP contribution is 2.28. The maximum absolute atomic E-state index is 11.3. The van der Waals surface area contributed by atoms with E-state index < -0.39 is 5.97 Å². The molecule has 0 unspecified atom stereocenters. The summed E-state index contributed by atoms with van der Waals surface area (Å²) < 4.78 is 4.05. The van der Waals surface area contributed by atoms with E-state index in [9.17, 15) is 9.90 Å². The number of fused-ring (bicyclic) bond motifs is 1. The van der Waals surface area contributed by atoms with Crippen molar-refractivity contribution >= 4 is 39.2 Å². The molecule has 0 aliphatic rings. The van der Waals surface area contributed by atoms with Gasteiger partial charge in [-0.2, -0.15) is 4.37 Å². The van der Waals surface area contributed by atoms with Crippen molar-refractivity contribution in [2.24, 2.45) is 0 Å². The Morgan fingerprint density at radius 1 is 1.30 bits per heavy atom. The molecule has 2 heterocycles. The third-order valence-corrected chi connectivity index (χ3v) is 3.35. The van der Waals surface area contributed by atoms with Crippen LogP contribution in [0.25, 0.3) is 10.9 Å². The molecule has 20 heavy (non-hydrogen) atoms. The molecule has 0 spiro atoms. The van der Waals surface area contributed by atoms with E-state index in [1.807, 2.05) is 12.1 Å². The van der Waals surface area contributed by atoms with E-state index >= 15 is 0 Å². The molecule has 0 aliphatic heterocycles. The van der Waals surface area contributed by atoms with Gasteiger partial charge < -0.3 is 10.4 Å². The van der Waals surface area contributed by atoms with Crippen LogP contribution >= 0.6 is 11.5 Å². The lowest BCUT2D eigenvalue weighted by molar-refractivity contribution is 0.0690. The second kappa shape index (κ2) is 4.82. The van der Waals surface area contributed by atoms with Crippen LogP contribution in [-0.2, 0) is 0 Å². The third-order valence-electron chi connectivity index (χ3n) is 2.63. The van der Waals surface area contributed by atoms with E-state index in [-0.39, 0.29) is 5.69 Å². The van der Waals surface area contributed by atoms with Crippen molar-refractivity contribution in [1.82, 2.24) is 19.6 Å². The Balaban J connectivity index is 2.19. The van der Waals surface area contributed by atoms with Gasteiger partial charge in [-0.1, -0.05) is 18.2 Å². The van der Waals surface area contributed by atoms with Crippen molar-refractivity contribution in [1.29, 1.82) is 0 Å². The van der Waals surface area contributed by atoms with Gasteiger partial charge in [0, 0.05) is 16.9 Å². The summed E-state index contributed by atoms with van der Waals surface area (Å²) in [6, 6.07) is 7.18. The van der Waals surface area contributed by atoms with Crippen LogP contribution in [0.5, 0.6) is 0 Å². The highest BCUT2D eigenvalue weighted by Gasteiger charge is 2.17. The van der Waals surface area contributed by atoms with E-state index in [0.29, 0.717) is 27.5 Å². The lowest BCUT2D eigenvalue weighted by Gasteiger charge is -2.08. The van der Waals surface area contributed by atoms with Gasteiger partial charge in [0.15, 0.2) is 5.69 Å². The van der Waals surface area contributed by atoms with Crippen molar-refractivity contribution in [2.75, 3.05) is 5.32 Å². The molecule has 0 saturated heterocycles. The van der Waals surface area contributed by atoms with Crippen LogP contribution in [0.4, 0.5) is 10.8 Å². The maximum atomic E-state index is 11.3. The van der Waals surface area contributed by atoms with Gasteiger partial charge >= 0.3 is 5.97 Å². The summed E-state index contributed by atoms with van der Waals surface area (Å²) in [6.45, 7) is 1.77. The van der Waals surface area contributed by atoms with E-state index in [1.54, 1.807) is 19.1 Å². The molecule has 3 rings (SSSR count). The first-order valence-corrected chi connectivity index (χ1v) is 6.48. The molecule has 0 bridgehead atoms. The fourth-order valence-corrected chi connectivity index (χ4v) is 2.36. The maximum Gasteiger partial charge on any atom is 0.358 e. The minimum atomic E-state index is -1.15. The van der Waals surface area contributed by atoms with Crippen LogP contribution in [0.1, 0.15) is 16.3 Å². The predicted octanol–water partition coefficient (Wildman–Crippen LogP) is 2.23. The number of aromatic carboxylic acids is 1. The van der Waals surface area contributed by atoms with Crippen LogP contribution in [0.15, 0.2) is 24.3 Å². The van der Waals surface area contributed by atoms with Gasteiger partial charge in [-0.05, 0) is 13.0 Å². The van der Waals surface area contributed by atoms with Gasteiger partial charge in [0.1, 0.15) is 5.82 Å². The number of aromatic nitrogens is 4. The summed E-state index contributed by atoms with van der Waals surface area (Å²) in [5, 5.41) is 21.1. The van der Waals surface area contributed by atoms with Gasteiger partial charge in [-0.25, -0.2) is 9.78 Å². The van der Waals surface area contributed by atoms with Gasteiger partial charge in [0.25, 0.3) is 0 Å². The van der Waals surface area contributed by atoms with E-state index in [4.69, 9.17) is 0 Å². The molecule has 2 N–H and O–H groups in total. The van der Waals surface area contributed by atoms with Crippen molar-refractivity contribution in [3.63, 3.8) is 0 Å². The summed E-state index contributed by atoms with van der Waals surface area (Å²) in [5.74, 6) is -0.521. The Morgan fingerprint density at radius 2 is 2.10 bits per heavy atom. The van der Waals surface area contributed by atoms with E-state index in [2.05, 4.69) is 24.9 Å². The van der Waals surface area contributed by atoms with Crippen LogP contribution in [0.2, 0.25) is 0 Å². The molecule has 0 radical (unpaired) electrons. The zero-order valence-electron chi connectivity index (χ0n) is 10.4. The van der Waals surface area contributed by atoms with Crippen molar-refractivity contribution in [3.8, 4) is 0 Å². The Bertz CT molecular complexity index is 801. The molecular formula is C12H9N5O2S. The van der Waals surface area contributed by atoms with Crippen LogP contribution in [-0.4, -0.2) is 30.6 Å². The molecule has 8 heteroatoms. The molecule has 2 aromatic heterocycles. The molecule has 7 nitrogen and oxygen atoms in total. The van der Waals surface area contributed by atoms with Crippen LogP contribution in [0.3, 0.4) is 0 Å². The van der Waals surface area contributed by atoms with Crippen LogP contribution < -0.4 is 5.32 Å². The second-order valence-corrected chi connectivity index (χ2v) is 4.77. The first-order valence-electron chi connectivity index (χ1n) is 5.71. The zero-order chi connectivity index (χ0) is 14.1. The zero-order valence-corrected chi connectivity index (χ0v) is 11.2. The number of carboxylic acids is 1. The average Bonchev–Trinajstić information content (AvgIpc) is 2.84. The standard InChI is InChI=1S/C12H9N5O2S/c1-6-13-12(20-17-6)14-9-7-4-2-3-5-8(7)15-16-10(9)11(18)19/h2-5H,1H3,(H,18,19)(H,13,14,15,17). The number of hydrogen-bond donors (Lipinski definition) is 2. The molecule has 0 atom stereocenters. The van der Waals surface area contributed by atoms with Crippen molar-refractivity contribution < 1.29 is 9.90 Å². The number of anilines is 2. The summed E-state index contributed by atoms with van der Waals surface area (Å²) in [5.41, 5.74) is 0.844. The van der Waals surface area contributed by atoms with Gasteiger partial charge in [-0.15, -0.1) is 10.2 Å². The Kier molecular flexibility index (Phi) is 2.99. The summed E-state index contributed by atoms with van der Waals surface area (Å²) >= 11 is 1.16. The van der Waals surface area contributed by atoms with Crippen molar-refractivity contribution in [2.45, 2.75) is 6.92 Å². The highest BCUT2D eigenvalue weighted by molar-refractivity contribution is 7.09. The largest absolute Gasteiger partial charge is 0.476 e. The van der Waals surface area contributed by atoms with Gasteiger partial charge in [0.2, 0.25) is 5.13 Å². The monoisotopic (exact) mass is 287 g/mol. The number of nitrogens with zero attached hydrogens (tertiary/aromatic N) is 4. The quantitative estimate of drug-likeness (QED) is 0.761. The SMILES string of the molecule is Cc1nsc(Nc2c(C(=O)O)nnc3ccccc23)n1.